The Morgan fingerprint density at radius 1 is 1.59 bits per heavy atom. The van der Waals surface area contributed by atoms with Crippen molar-refractivity contribution >= 4 is 11.8 Å². The molecule has 1 N–H and O–H groups in total. The minimum Gasteiger partial charge on any atom is -0.361 e. The Labute approximate surface area is 97.6 Å². The predicted molar refractivity (Wildman–Crippen MR) is 55.8 cm³/mol. The Bertz CT molecular complexity index is 437. The number of amides is 2. The van der Waals surface area contributed by atoms with Crippen LogP contribution in [0.3, 0.4) is 0 Å². The second kappa shape index (κ2) is 4.54. The lowest BCUT2D eigenvalue weighted by Crippen LogP contribution is -2.55. The first kappa shape index (κ1) is 11.6. The number of hydroxylamine groups is 1. The van der Waals surface area contributed by atoms with E-state index in [1.807, 2.05) is 0 Å². The Morgan fingerprint density at radius 3 is 2.82 bits per heavy atom. The van der Waals surface area contributed by atoms with E-state index in [2.05, 4.69) is 15.5 Å². The summed E-state index contributed by atoms with van der Waals surface area (Å²) in [5.41, 5.74) is 2.51. The van der Waals surface area contributed by atoms with E-state index in [9.17, 15) is 9.59 Å². The summed E-state index contributed by atoms with van der Waals surface area (Å²) in [6.45, 7) is 2.47. The fourth-order valence-corrected chi connectivity index (χ4v) is 1.62. The molecule has 1 aromatic heterocycles. The maximum Gasteiger partial charge on any atom is 0.276 e. The van der Waals surface area contributed by atoms with Gasteiger partial charge < -0.3 is 9.42 Å². The molecule has 1 saturated heterocycles. The van der Waals surface area contributed by atoms with Gasteiger partial charge in [-0.25, -0.2) is 5.48 Å². The normalized spacial score (nSPS) is 15.5. The Kier molecular flexibility index (Phi) is 3.10. The monoisotopic (exact) mass is 239 g/mol. The average Bonchev–Trinajstić information content (AvgIpc) is 2.63. The molecule has 0 radical (unpaired) electrons. The van der Waals surface area contributed by atoms with Gasteiger partial charge in [0, 0.05) is 19.2 Å². The molecule has 1 aliphatic rings. The van der Waals surface area contributed by atoms with Gasteiger partial charge in [0.25, 0.3) is 5.91 Å². The molecule has 92 valence electrons. The molecule has 0 bridgehead atoms. The molecule has 0 aromatic carbocycles. The number of rotatable bonds is 3. The van der Waals surface area contributed by atoms with Crippen LogP contribution in [0.4, 0.5) is 0 Å². The minimum absolute atomic E-state index is 0.215. The van der Waals surface area contributed by atoms with Gasteiger partial charge in [-0.1, -0.05) is 5.16 Å². The van der Waals surface area contributed by atoms with Crippen molar-refractivity contribution in [2.45, 2.75) is 6.92 Å². The largest absolute Gasteiger partial charge is 0.361 e. The van der Waals surface area contributed by atoms with Gasteiger partial charge in [-0.15, -0.1) is 0 Å². The molecule has 2 amide bonds. The summed E-state index contributed by atoms with van der Waals surface area (Å²) in [5.74, 6) is -0.0642. The van der Waals surface area contributed by atoms with Crippen molar-refractivity contribution in [3.05, 3.63) is 17.5 Å². The zero-order valence-corrected chi connectivity index (χ0v) is 9.60. The molecule has 0 saturated carbocycles. The van der Waals surface area contributed by atoms with Crippen molar-refractivity contribution in [3.8, 4) is 0 Å². The van der Waals surface area contributed by atoms with Crippen molar-refractivity contribution in [1.29, 1.82) is 0 Å². The molecular formula is C10H13N3O4. The molecule has 7 heteroatoms. The van der Waals surface area contributed by atoms with Gasteiger partial charge >= 0.3 is 0 Å². The zero-order chi connectivity index (χ0) is 12.4. The van der Waals surface area contributed by atoms with E-state index in [4.69, 9.17) is 4.52 Å². The summed E-state index contributed by atoms with van der Waals surface area (Å²) in [5, 5.41) is 3.63. The first-order chi connectivity index (χ1) is 8.11. The van der Waals surface area contributed by atoms with Crippen LogP contribution in [-0.4, -0.2) is 42.1 Å². The quantitative estimate of drug-likeness (QED) is 0.734. The van der Waals surface area contributed by atoms with E-state index < -0.39 is 0 Å². The summed E-state index contributed by atoms with van der Waals surface area (Å²) in [6.07, 6.45) is 0. The first-order valence-corrected chi connectivity index (χ1v) is 5.17. The van der Waals surface area contributed by atoms with Crippen LogP contribution in [0.15, 0.2) is 10.6 Å². The summed E-state index contributed by atoms with van der Waals surface area (Å²) in [7, 11) is 1.37. The van der Waals surface area contributed by atoms with E-state index >= 15 is 0 Å². The van der Waals surface area contributed by atoms with Gasteiger partial charge in [-0.05, 0) is 6.92 Å². The van der Waals surface area contributed by atoms with Crippen LogP contribution in [0.2, 0.25) is 0 Å². The van der Waals surface area contributed by atoms with Crippen molar-refractivity contribution in [2.75, 3.05) is 20.2 Å². The highest BCUT2D eigenvalue weighted by atomic mass is 16.6. The second-order valence-electron chi connectivity index (χ2n) is 3.90. The number of nitrogens with one attached hydrogen (secondary N) is 1. The zero-order valence-electron chi connectivity index (χ0n) is 9.60. The smallest absolute Gasteiger partial charge is 0.276 e. The Hall–Kier alpha value is -1.89. The van der Waals surface area contributed by atoms with Crippen LogP contribution in [0, 0.1) is 12.8 Å². The number of carbonyl (C=O) groups excluding carboxylic acids is 2. The second-order valence-corrected chi connectivity index (χ2v) is 3.90. The van der Waals surface area contributed by atoms with Gasteiger partial charge in [0.05, 0.1) is 13.0 Å². The summed E-state index contributed by atoms with van der Waals surface area (Å²) in [6, 6.07) is 1.57. The van der Waals surface area contributed by atoms with E-state index in [1.165, 1.54) is 12.0 Å². The molecule has 0 spiro atoms. The number of hydrogen-bond acceptors (Lipinski definition) is 5. The summed E-state index contributed by atoms with van der Waals surface area (Å²) < 4.78 is 4.82. The lowest BCUT2D eigenvalue weighted by atomic mass is 9.99. The molecule has 1 aliphatic heterocycles. The van der Waals surface area contributed by atoms with Crippen LogP contribution < -0.4 is 5.48 Å². The summed E-state index contributed by atoms with van der Waals surface area (Å²) >= 11 is 0. The number of nitrogens with zero attached hydrogens (tertiary/aromatic N) is 2. The lowest BCUT2D eigenvalue weighted by Gasteiger charge is -2.37. The molecule has 2 heterocycles. The van der Waals surface area contributed by atoms with Gasteiger partial charge in [0.1, 0.15) is 5.76 Å². The van der Waals surface area contributed by atoms with Gasteiger partial charge in [0.2, 0.25) is 5.91 Å². The van der Waals surface area contributed by atoms with Crippen molar-refractivity contribution in [2.24, 2.45) is 5.92 Å². The number of likely N-dealkylation sites (tertiary alicyclic amines) is 1. The molecule has 0 unspecified atom stereocenters. The van der Waals surface area contributed by atoms with Crippen LogP contribution >= 0.6 is 0 Å². The van der Waals surface area contributed by atoms with Crippen molar-refractivity contribution in [1.82, 2.24) is 15.5 Å². The molecule has 7 nitrogen and oxygen atoms in total. The van der Waals surface area contributed by atoms with E-state index in [0.717, 1.165) is 0 Å². The average molecular weight is 239 g/mol. The number of carbonyl (C=O) groups is 2. The predicted octanol–water partition coefficient (Wildman–Crippen LogP) is -0.267. The molecular weight excluding hydrogens is 226 g/mol. The van der Waals surface area contributed by atoms with Gasteiger partial charge in [-0.3, -0.25) is 14.4 Å². The molecule has 0 atom stereocenters. The van der Waals surface area contributed by atoms with Crippen molar-refractivity contribution in [3.63, 3.8) is 0 Å². The lowest BCUT2D eigenvalue weighted by molar-refractivity contribution is -0.139. The van der Waals surface area contributed by atoms with Crippen LogP contribution in [-0.2, 0) is 9.63 Å². The third-order valence-corrected chi connectivity index (χ3v) is 2.59. The first-order valence-electron chi connectivity index (χ1n) is 5.17. The highest BCUT2D eigenvalue weighted by molar-refractivity contribution is 5.94. The molecule has 1 aromatic rings. The third kappa shape index (κ3) is 2.28. The Morgan fingerprint density at radius 2 is 2.29 bits per heavy atom. The minimum atomic E-state index is -0.219. The summed E-state index contributed by atoms with van der Waals surface area (Å²) in [4.78, 5) is 29.2. The molecule has 17 heavy (non-hydrogen) atoms. The van der Waals surface area contributed by atoms with Crippen LogP contribution in [0.25, 0.3) is 0 Å². The molecule has 1 fully saturated rings. The van der Waals surface area contributed by atoms with Crippen LogP contribution in [0.5, 0.6) is 0 Å². The fourth-order valence-electron chi connectivity index (χ4n) is 1.62. The number of hydrogen-bond donors (Lipinski definition) is 1. The standard InChI is InChI=1S/C10H13N3O4/c1-6-3-8(11-17-6)10(15)13-4-7(5-13)9(14)12-16-2/h3,7H,4-5H2,1-2H3,(H,12,14). The SMILES string of the molecule is CONC(=O)C1CN(C(=O)c2cc(C)on2)C1. The topological polar surface area (TPSA) is 84.7 Å². The van der Waals surface area contributed by atoms with Crippen LogP contribution in [0.1, 0.15) is 16.2 Å². The van der Waals surface area contributed by atoms with Gasteiger partial charge in [0.15, 0.2) is 5.69 Å². The van der Waals surface area contributed by atoms with Crippen molar-refractivity contribution < 1.29 is 18.9 Å². The van der Waals surface area contributed by atoms with E-state index in [0.29, 0.717) is 18.8 Å². The molecule has 2 rings (SSSR count). The van der Waals surface area contributed by atoms with E-state index in [1.54, 1.807) is 13.0 Å². The maximum absolute atomic E-state index is 11.8. The Balaban J connectivity index is 1.87. The molecule has 0 aliphatic carbocycles. The fraction of sp³-hybridized carbons (Fsp3) is 0.500. The maximum atomic E-state index is 11.8. The highest BCUT2D eigenvalue weighted by Gasteiger charge is 2.37. The van der Waals surface area contributed by atoms with E-state index in [-0.39, 0.29) is 23.4 Å². The third-order valence-electron chi connectivity index (χ3n) is 2.59. The van der Waals surface area contributed by atoms with Gasteiger partial charge in [-0.2, -0.15) is 0 Å². The number of aromatic nitrogens is 1. The number of aryl methyl sites for hydroxylation is 1. The highest BCUT2D eigenvalue weighted by Crippen LogP contribution is 2.18.